The van der Waals surface area contributed by atoms with Crippen molar-refractivity contribution in [1.82, 2.24) is 19.5 Å². The summed E-state index contributed by atoms with van der Waals surface area (Å²) in [4.78, 5) is 12.1. The maximum absolute atomic E-state index is 10.2. The van der Waals surface area contributed by atoms with Gasteiger partial charge in [-0.3, -0.25) is 4.57 Å². The fourth-order valence-corrected chi connectivity index (χ4v) is 2.54. The van der Waals surface area contributed by atoms with Gasteiger partial charge in [0.15, 0.2) is 17.7 Å². The lowest BCUT2D eigenvalue weighted by Gasteiger charge is -2.16. The van der Waals surface area contributed by atoms with Gasteiger partial charge in [0.25, 0.3) is 0 Å². The fraction of sp³-hybridized carbons (Fsp3) is 0.583. The molecule has 0 radical (unpaired) electrons. The molecular formula is C12H17N5O4. The van der Waals surface area contributed by atoms with Crippen molar-refractivity contribution < 1.29 is 20.1 Å². The van der Waals surface area contributed by atoms with E-state index < -0.39 is 24.5 Å². The van der Waals surface area contributed by atoms with E-state index >= 15 is 0 Å². The number of nitrogen functional groups attached to an aromatic ring is 1. The summed E-state index contributed by atoms with van der Waals surface area (Å²) in [7, 11) is 0. The Balaban J connectivity index is 1.83. The first-order valence-electron chi connectivity index (χ1n) is 7.07. The van der Waals surface area contributed by atoms with E-state index in [-0.39, 0.29) is 12.4 Å². The third-order valence-corrected chi connectivity index (χ3v) is 3.63. The Bertz CT molecular complexity index is 653. The number of aliphatic hydroxyl groups excluding tert-OH is 3. The van der Waals surface area contributed by atoms with Crippen LogP contribution in [0.4, 0.5) is 5.82 Å². The quantitative estimate of drug-likeness (QED) is 0.505. The highest BCUT2D eigenvalue weighted by atomic mass is 16.6. The molecule has 114 valence electrons. The van der Waals surface area contributed by atoms with Gasteiger partial charge in [-0.25, -0.2) is 15.0 Å². The average Bonchev–Trinajstić information content (AvgIpc) is 3.05. The van der Waals surface area contributed by atoms with Gasteiger partial charge in [-0.2, -0.15) is 0 Å². The Labute approximate surface area is 121 Å². The Morgan fingerprint density at radius 3 is 3.00 bits per heavy atom. The minimum Gasteiger partial charge on any atom is -0.396 e. The van der Waals surface area contributed by atoms with Crippen LogP contribution in [0.2, 0.25) is 0 Å². The lowest BCUT2D eigenvalue weighted by Crippen LogP contribution is -2.31. The van der Waals surface area contributed by atoms with E-state index in [1.54, 1.807) is 0 Å². The standard InChI is InChI=1S/C12H17N5O4/c13-10-7-11(15-4-14-10)17(5-16-7)12-9(20)8(19)6(21-12)2-1-3-18/h4-6,8-9,12,18-20H,1-3H2,(H2,13,14,15)/t6-,8?,9+,12-/m1/s1/i18T. The molecule has 0 spiro atoms. The molecule has 1 fully saturated rings. The van der Waals surface area contributed by atoms with Gasteiger partial charge in [0.1, 0.15) is 24.1 Å². The van der Waals surface area contributed by atoms with Gasteiger partial charge in [0, 0.05) is 6.61 Å². The third-order valence-electron chi connectivity index (χ3n) is 3.63. The molecule has 0 bridgehead atoms. The van der Waals surface area contributed by atoms with Crippen LogP contribution in [0.1, 0.15) is 19.1 Å². The molecule has 1 unspecified atom stereocenters. The Hall–Kier alpha value is -1.81. The zero-order valence-corrected chi connectivity index (χ0v) is 11.2. The van der Waals surface area contributed by atoms with E-state index in [2.05, 4.69) is 20.1 Å². The van der Waals surface area contributed by atoms with Crippen LogP contribution < -0.4 is 5.73 Å². The van der Waals surface area contributed by atoms with Crippen LogP contribution in [0.15, 0.2) is 12.7 Å². The van der Waals surface area contributed by atoms with Crippen LogP contribution in [-0.4, -0.2) is 61.2 Å². The highest BCUT2D eigenvalue weighted by Gasteiger charge is 2.43. The number of nitrogens with zero attached hydrogens (tertiary/aromatic N) is 4. The van der Waals surface area contributed by atoms with Crippen LogP contribution >= 0.6 is 0 Å². The van der Waals surface area contributed by atoms with E-state index in [0.29, 0.717) is 24.0 Å². The summed E-state index contributed by atoms with van der Waals surface area (Å²) < 4.78 is 13.9. The number of aliphatic hydroxyl groups is 3. The molecule has 1 aliphatic rings. The van der Waals surface area contributed by atoms with Crippen LogP contribution in [-0.2, 0) is 4.74 Å². The van der Waals surface area contributed by atoms with Crippen molar-refractivity contribution in [3.05, 3.63) is 12.7 Å². The summed E-state index contributed by atoms with van der Waals surface area (Å²) in [5, 5.41) is 24.6. The van der Waals surface area contributed by atoms with Gasteiger partial charge in [-0.15, -0.1) is 0 Å². The molecule has 3 rings (SSSR count). The van der Waals surface area contributed by atoms with Gasteiger partial charge < -0.3 is 25.8 Å². The van der Waals surface area contributed by atoms with Gasteiger partial charge in [-0.05, 0) is 12.8 Å². The first-order chi connectivity index (χ1) is 10.6. The Morgan fingerprint density at radius 2 is 2.19 bits per heavy atom. The van der Waals surface area contributed by atoms with E-state index in [1.807, 2.05) is 0 Å². The van der Waals surface area contributed by atoms with Crippen molar-refractivity contribution >= 4 is 17.0 Å². The van der Waals surface area contributed by atoms with Crippen molar-refractivity contribution in [2.75, 3.05) is 12.3 Å². The second-order valence-corrected chi connectivity index (χ2v) is 4.98. The summed E-state index contributed by atoms with van der Waals surface area (Å²) >= 11 is 0. The molecule has 9 heteroatoms. The van der Waals surface area contributed by atoms with E-state index in [4.69, 9.17) is 11.9 Å². The van der Waals surface area contributed by atoms with E-state index in [9.17, 15) is 10.2 Å². The number of aromatic nitrogens is 4. The molecule has 9 nitrogen and oxygen atoms in total. The Kier molecular flexibility index (Phi) is 3.39. The molecule has 1 saturated heterocycles. The number of nitrogens with two attached hydrogens (primary N) is 1. The number of hydrogen-bond acceptors (Lipinski definition) is 8. The average molecular weight is 297 g/mol. The number of rotatable bonds is 5. The number of anilines is 1. The Morgan fingerprint density at radius 1 is 1.33 bits per heavy atom. The van der Waals surface area contributed by atoms with Crippen LogP contribution in [0.25, 0.3) is 11.2 Å². The molecule has 2 aromatic heterocycles. The molecule has 2 aromatic rings. The van der Waals surface area contributed by atoms with Gasteiger partial charge >= 0.3 is 0 Å². The summed E-state index contributed by atoms with van der Waals surface area (Å²) in [5.74, 6) is 0.237. The predicted molar refractivity (Wildman–Crippen MR) is 72.0 cm³/mol. The number of imidazole rings is 1. The van der Waals surface area contributed by atoms with Gasteiger partial charge in [0.05, 0.1) is 12.4 Å². The predicted octanol–water partition coefficient (Wildman–Crippen LogP) is -1.20. The molecule has 0 aromatic carbocycles. The first-order valence-corrected chi connectivity index (χ1v) is 6.66. The molecule has 5 N–H and O–H groups in total. The van der Waals surface area contributed by atoms with Gasteiger partial charge in [0.2, 0.25) is 1.43 Å². The highest BCUT2D eigenvalue weighted by molar-refractivity contribution is 5.81. The lowest BCUT2D eigenvalue weighted by molar-refractivity contribution is -0.0382. The largest absolute Gasteiger partial charge is 0.396 e. The van der Waals surface area contributed by atoms with Crippen molar-refractivity contribution in [3.63, 3.8) is 0 Å². The van der Waals surface area contributed by atoms with Crippen molar-refractivity contribution in [1.29, 1.82) is 1.43 Å². The maximum atomic E-state index is 10.2. The molecule has 21 heavy (non-hydrogen) atoms. The molecule has 0 aliphatic carbocycles. The summed E-state index contributed by atoms with van der Waals surface area (Å²) in [6.07, 6.45) is 0.260. The summed E-state index contributed by atoms with van der Waals surface area (Å²) in [6.45, 7) is 0.241. The van der Waals surface area contributed by atoms with Gasteiger partial charge in [-0.1, -0.05) is 0 Å². The number of hydrogen-bond donors (Lipinski definition) is 4. The molecule has 0 saturated carbocycles. The summed E-state index contributed by atoms with van der Waals surface area (Å²) in [5.41, 5.74) is 6.57. The number of ether oxygens (including phenoxy) is 1. The van der Waals surface area contributed by atoms with Crippen molar-refractivity contribution in [3.8, 4) is 0 Å². The fourth-order valence-electron chi connectivity index (χ4n) is 2.54. The highest BCUT2D eigenvalue weighted by Crippen LogP contribution is 2.33. The molecule has 4 atom stereocenters. The van der Waals surface area contributed by atoms with Crippen molar-refractivity contribution in [2.45, 2.75) is 37.4 Å². The topological polar surface area (TPSA) is 140 Å². The second-order valence-electron chi connectivity index (χ2n) is 4.98. The number of fused-ring (bicyclic) bond motifs is 1. The molecule has 3 heterocycles. The minimum absolute atomic E-state index is 0.237. The summed E-state index contributed by atoms with van der Waals surface area (Å²) in [6, 6.07) is 0. The second kappa shape index (κ2) is 5.53. The smallest absolute Gasteiger partial charge is 0.210 e. The first kappa shape index (κ1) is 12.9. The maximum Gasteiger partial charge on any atom is 0.210 e. The van der Waals surface area contributed by atoms with Crippen LogP contribution in [0.5, 0.6) is 0 Å². The SMILES string of the molecule is [3H]OCCC[C@H]1O[C@@H](n2cnc3c(N)ncnc32)[C@@H](O)C1O. The van der Waals surface area contributed by atoms with Crippen LogP contribution in [0.3, 0.4) is 0 Å². The molecule has 0 amide bonds. The normalized spacial score (nSPS) is 29.9. The van der Waals surface area contributed by atoms with E-state index in [1.165, 1.54) is 17.2 Å². The van der Waals surface area contributed by atoms with Crippen LogP contribution in [0, 0.1) is 0 Å². The third kappa shape index (κ3) is 2.33. The molecular weight excluding hydrogens is 278 g/mol. The lowest BCUT2D eigenvalue weighted by atomic mass is 10.1. The van der Waals surface area contributed by atoms with Crippen molar-refractivity contribution in [2.24, 2.45) is 0 Å². The zero-order valence-electron chi connectivity index (χ0n) is 12.2. The zero-order chi connectivity index (χ0) is 15.7. The minimum atomic E-state index is -1.12. The monoisotopic (exact) mass is 297 g/mol. The molecule has 1 aliphatic heterocycles. The van der Waals surface area contributed by atoms with E-state index in [0.717, 1.165) is 0 Å².